The molecule has 0 aromatic carbocycles. The molecule has 3 nitrogen and oxygen atoms in total. The summed E-state index contributed by atoms with van der Waals surface area (Å²) < 4.78 is 0. The van der Waals surface area contributed by atoms with Gasteiger partial charge in [-0.25, -0.2) is 0 Å². The molecule has 1 aliphatic heterocycles. The first-order valence-electron chi connectivity index (χ1n) is 7.61. The van der Waals surface area contributed by atoms with Crippen LogP contribution in [0.1, 0.15) is 33.1 Å². The van der Waals surface area contributed by atoms with E-state index in [4.69, 9.17) is 5.73 Å². The number of hydrogen-bond donors (Lipinski definition) is 1. The average Bonchev–Trinajstić information content (AvgIpc) is 2.30. The Morgan fingerprint density at radius 2 is 1.61 bits per heavy atom. The van der Waals surface area contributed by atoms with Crippen LogP contribution in [-0.2, 0) is 0 Å². The van der Waals surface area contributed by atoms with E-state index >= 15 is 0 Å². The van der Waals surface area contributed by atoms with E-state index in [0.717, 1.165) is 30.8 Å². The summed E-state index contributed by atoms with van der Waals surface area (Å²) in [6.07, 6.45) is 4.06. The van der Waals surface area contributed by atoms with E-state index in [-0.39, 0.29) is 0 Å². The molecule has 1 heterocycles. The SMILES string of the molecule is CC1CC(C)CC(C(N)C2CN(C)CCN2C)C1. The third kappa shape index (κ3) is 3.25. The third-order valence-corrected chi connectivity index (χ3v) is 5.10. The maximum absolute atomic E-state index is 6.63. The van der Waals surface area contributed by atoms with Crippen LogP contribution in [-0.4, -0.2) is 55.6 Å². The van der Waals surface area contributed by atoms with Crippen molar-refractivity contribution in [1.82, 2.24) is 9.80 Å². The molecule has 4 unspecified atom stereocenters. The van der Waals surface area contributed by atoms with Crippen LogP contribution in [0.5, 0.6) is 0 Å². The lowest BCUT2D eigenvalue weighted by Crippen LogP contribution is -2.60. The van der Waals surface area contributed by atoms with Gasteiger partial charge < -0.3 is 10.6 Å². The molecule has 1 saturated heterocycles. The Bertz CT molecular complexity index is 258. The molecule has 0 radical (unpaired) electrons. The first-order valence-corrected chi connectivity index (χ1v) is 7.61. The quantitative estimate of drug-likeness (QED) is 0.812. The summed E-state index contributed by atoms with van der Waals surface area (Å²) in [6.45, 7) is 8.26. The maximum atomic E-state index is 6.63. The molecule has 0 bridgehead atoms. The van der Waals surface area contributed by atoms with Crippen molar-refractivity contribution in [2.24, 2.45) is 23.5 Å². The van der Waals surface area contributed by atoms with Crippen molar-refractivity contribution in [1.29, 1.82) is 0 Å². The highest BCUT2D eigenvalue weighted by molar-refractivity contribution is 4.93. The van der Waals surface area contributed by atoms with Crippen LogP contribution in [0, 0.1) is 17.8 Å². The number of rotatable bonds is 2. The summed E-state index contributed by atoms with van der Waals surface area (Å²) in [5.41, 5.74) is 6.63. The molecule has 106 valence electrons. The Labute approximate surface area is 113 Å². The Morgan fingerprint density at radius 1 is 1.00 bits per heavy atom. The van der Waals surface area contributed by atoms with Crippen LogP contribution in [0.4, 0.5) is 0 Å². The van der Waals surface area contributed by atoms with Gasteiger partial charge in [-0.2, -0.15) is 0 Å². The Hall–Kier alpha value is -0.120. The van der Waals surface area contributed by atoms with Gasteiger partial charge >= 0.3 is 0 Å². The highest BCUT2D eigenvalue weighted by Gasteiger charge is 2.35. The average molecular weight is 253 g/mol. The molecule has 4 atom stereocenters. The topological polar surface area (TPSA) is 32.5 Å². The van der Waals surface area contributed by atoms with Crippen molar-refractivity contribution >= 4 is 0 Å². The minimum atomic E-state index is 0.350. The summed E-state index contributed by atoms with van der Waals surface area (Å²) in [5.74, 6) is 2.44. The lowest BCUT2D eigenvalue weighted by molar-refractivity contribution is 0.0638. The molecular formula is C15H31N3. The standard InChI is InChI=1S/C15H31N3/c1-11-7-12(2)9-13(8-11)15(16)14-10-17(3)5-6-18(14)4/h11-15H,5-10,16H2,1-4H3. The summed E-state index contributed by atoms with van der Waals surface area (Å²) >= 11 is 0. The predicted molar refractivity (Wildman–Crippen MR) is 77.6 cm³/mol. The lowest BCUT2D eigenvalue weighted by atomic mass is 9.72. The van der Waals surface area contributed by atoms with Gasteiger partial charge in [0.05, 0.1) is 0 Å². The number of hydrogen-bond acceptors (Lipinski definition) is 3. The minimum Gasteiger partial charge on any atom is -0.326 e. The molecule has 2 N–H and O–H groups in total. The van der Waals surface area contributed by atoms with Crippen LogP contribution in [0.15, 0.2) is 0 Å². The Morgan fingerprint density at radius 3 is 2.22 bits per heavy atom. The zero-order valence-electron chi connectivity index (χ0n) is 12.6. The van der Waals surface area contributed by atoms with Crippen molar-refractivity contribution in [3.63, 3.8) is 0 Å². The molecule has 0 aromatic heterocycles. The molecule has 2 rings (SSSR count). The summed E-state index contributed by atoms with van der Waals surface area (Å²) in [4.78, 5) is 4.91. The first-order chi connectivity index (χ1) is 8.47. The Kier molecular flexibility index (Phi) is 4.68. The van der Waals surface area contributed by atoms with E-state index in [9.17, 15) is 0 Å². The smallest absolute Gasteiger partial charge is 0.0374 e. The van der Waals surface area contributed by atoms with E-state index in [1.165, 1.54) is 25.8 Å². The third-order valence-electron chi connectivity index (χ3n) is 5.10. The van der Waals surface area contributed by atoms with Crippen LogP contribution >= 0.6 is 0 Å². The van der Waals surface area contributed by atoms with Crippen LogP contribution < -0.4 is 5.73 Å². The van der Waals surface area contributed by atoms with Gasteiger partial charge in [0.1, 0.15) is 0 Å². The fourth-order valence-electron chi connectivity index (χ4n) is 4.10. The second-order valence-electron chi connectivity index (χ2n) is 7.07. The normalized spacial score (nSPS) is 41.8. The van der Waals surface area contributed by atoms with E-state index in [0.29, 0.717) is 12.1 Å². The molecule has 1 aliphatic carbocycles. The monoisotopic (exact) mass is 253 g/mol. The lowest BCUT2D eigenvalue weighted by Gasteiger charge is -2.45. The first kappa shape index (κ1) is 14.3. The minimum absolute atomic E-state index is 0.350. The van der Waals surface area contributed by atoms with E-state index in [1.54, 1.807) is 0 Å². The van der Waals surface area contributed by atoms with Crippen molar-refractivity contribution in [2.45, 2.75) is 45.2 Å². The molecule has 0 amide bonds. The maximum Gasteiger partial charge on any atom is 0.0374 e. The van der Waals surface area contributed by atoms with Crippen LogP contribution in [0.2, 0.25) is 0 Å². The van der Waals surface area contributed by atoms with Crippen molar-refractivity contribution in [3.8, 4) is 0 Å². The second kappa shape index (κ2) is 5.89. The van der Waals surface area contributed by atoms with Gasteiger partial charge in [-0.3, -0.25) is 4.90 Å². The van der Waals surface area contributed by atoms with Crippen LogP contribution in [0.25, 0.3) is 0 Å². The van der Waals surface area contributed by atoms with Crippen LogP contribution in [0.3, 0.4) is 0 Å². The highest BCUT2D eigenvalue weighted by atomic mass is 15.3. The molecule has 18 heavy (non-hydrogen) atoms. The largest absolute Gasteiger partial charge is 0.326 e. The number of nitrogens with zero attached hydrogens (tertiary/aromatic N) is 2. The number of likely N-dealkylation sites (N-methyl/N-ethyl adjacent to an activating group) is 2. The van der Waals surface area contributed by atoms with Gasteiger partial charge in [0, 0.05) is 31.7 Å². The number of piperazine rings is 1. The zero-order valence-corrected chi connectivity index (χ0v) is 12.6. The van der Waals surface area contributed by atoms with E-state index < -0.39 is 0 Å². The molecule has 3 heteroatoms. The summed E-state index contributed by atoms with van der Waals surface area (Å²) in [6, 6.07) is 0.897. The highest BCUT2D eigenvalue weighted by Crippen LogP contribution is 2.35. The van der Waals surface area contributed by atoms with E-state index in [2.05, 4.69) is 37.7 Å². The van der Waals surface area contributed by atoms with Gasteiger partial charge in [-0.1, -0.05) is 13.8 Å². The van der Waals surface area contributed by atoms with Gasteiger partial charge in [0.15, 0.2) is 0 Å². The second-order valence-corrected chi connectivity index (χ2v) is 7.07. The number of nitrogens with two attached hydrogens (primary N) is 1. The molecule has 2 fully saturated rings. The fraction of sp³-hybridized carbons (Fsp3) is 1.00. The fourth-order valence-corrected chi connectivity index (χ4v) is 4.10. The zero-order chi connectivity index (χ0) is 13.3. The Balaban J connectivity index is 1.98. The van der Waals surface area contributed by atoms with Gasteiger partial charge in [0.2, 0.25) is 0 Å². The predicted octanol–water partition coefficient (Wildman–Crippen LogP) is 1.63. The van der Waals surface area contributed by atoms with Crippen molar-refractivity contribution in [2.75, 3.05) is 33.7 Å². The summed E-state index contributed by atoms with van der Waals surface area (Å²) in [7, 11) is 4.46. The molecule has 0 spiro atoms. The van der Waals surface area contributed by atoms with Crippen molar-refractivity contribution in [3.05, 3.63) is 0 Å². The molecule has 0 aromatic rings. The van der Waals surface area contributed by atoms with Gasteiger partial charge in [0.25, 0.3) is 0 Å². The van der Waals surface area contributed by atoms with Gasteiger partial charge in [-0.15, -0.1) is 0 Å². The molecular weight excluding hydrogens is 222 g/mol. The van der Waals surface area contributed by atoms with E-state index in [1.807, 2.05) is 0 Å². The molecule has 2 aliphatic rings. The van der Waals surface area contributed by atoms with Gasteiger partial charge in [-0.05, 0) is 51.1 Å². The molecule has 1 saturated carbocycles. The summed E-state index contributed by atoms with van der Waals surface area (Å²) in [5, 5.41) is 0. The van der Waals surface area contributed by atoms with Crippen molar-refractivity contribution < 1.29 is 0 Å².